The van der Waals surface area contributed by atoms with Gasteiger partial charge in [-0.05, 0) is 81.5 Å². The molecule has 0 bridgehead atoms. The van der Waals surface area contributed by atoms with Gasteiger partial charge in [0, 0.05) is 12.1 Å². The van der Waals surface area contributed by atoms with Crippen LogP contribution in [0.5, 0.6) is 0 Å². The van der Waals surface area contributed by atoms with Crippen LogP contribution in [0.25, 0.3) is 0 Å². The maximum absolute atomic E-state index is 7.27. The van der Waals surface area contributed by atoms with Crippen LogP contribution < -0.4 is 11.5 Å². The molecule has 29 heavy (non-hydrogen) atoms. The molecule has 0 heterocycles. The summed E-state index contributed by atoms with van der Waals surface area (Å²) in [5.41, 5.74) is 14.3. The molecule has 172 valence electrons. The molecule has 0 aliphatic heterocycles. The van der Waals surface area contributed by atoms with Crippen molar-refractivity contribution in [3.05, 3.63) is 0 Å². The molecular weight excluding hydrogens is 399 g/mol. The summed E-state index contributed by atoms with van der Waals surface area (Å²) in [5, 5.41) is 0. The van der Waals surface area contributed by atoms with Crippen molar-refractivity contribution in [3.63, 3.8) is 0 Å². The van der Waals surface area contributed by atoms with E-state index >= 15 is 0 Å². The Hall–Kier alpha value is 0.500. The number of hydrogen-bond acceptors (Lipinski definition) is 2. The Morgan fingerprint density at radius 3 is 1.17 bits per heavy atom. The molecule has 0 spiro atoms. The molecule has 4 unspecified atom stereocenters. The second-order valence-electron chi connectivity index (χ2n) is 10.9. The van der Waals surface area contributed by atoms with Gasteiger partial charge in [-0.15, -0.1) is 23.2 Å². The maximum atomic E-state index is 7.27. The zero-order chi connectivity index (χ0) is 21.8. The first-order chi connectivity index (χ1) is 13.6. The molecule has 2 aliphatic carbocycles. The molecule has 2 nitrogen and oxygen atoms in total. The SMILES string of the molecule is CCCC1(CCC)CCC(Cl)(CC2(Cl)CCC(CCC)(CCC)CC2N)C(N)C1. The van der Waals surface area contributed by atoms with Gasteiger partial charge in [-0.3, -0.25) is 0 Å². The molecule has 4 N–H and O–H groups in total. The second kappa shape index (κ2) is 10.4. The van der Waals surface area contributed by atoms with Crippen LogP contribution in [-0.2, 0) is 0 Å². The highest BCUT2D eigenvalue weighted by Gasteiger charge is 2.53. The van der Waals surface area contributed by atoms with Crippen molar-refractivity contribution >= 4 is 23.2 Å². The van der Waals surface area contributed by atoms with Crippen LogP contribution in [0.1, 0.15) is 124 Å². The lowest BCUT2D eigenvalue weighted by Gasteiger charge is -2.54. The summed E-state index contributed by atoms with van der Waals surface area (Å²) in [6.07, 6.45) is 17.1. The lowest BCUT2D eigenvalue weighted by molar-refractivity contribution is 0.0782. The standard InChI is InChI=1S/C25H48Cl2N2/c1-5-9-22(10-6-2)13-15-24(26,20(28)17-22)19-25(27)16-14-23(11-7-3,12-8-4)18-21(25)29/h20-21H,5-19,28-29H2,1-4H3. The van der Waals surface area contributed by atoms with Crippen molar-refractivity contribution in [2.24, 2.45) is 22.3 Å². The molecule has 2 saturated carbocycles. The minimum absolute atomic E-state index is 0.0109. The lowest BCUT2D eigenvalue weighted by Crippen LogP contribution is -2.59. The van der Waals surface area contributed by atoms with Gasteiger partial charge < -0.3 is 11.5 Å². The van der Waals surface area contributed by atoms with Crippen LogP contribution in [0.15, 0.2) is 0 Å². The Morgan fingerprint density at radius 1 is 0.621 bits per heavy atom. The summed E-state index contributed by atoms with van der Waals surface area (Å²) in [6.45, 7) is 9.16. The molecular formula is C25H48Cl2N2. The molecule has 0 aromatic carbocycles. The van der Waals surface area contributed by atoms with E-state index in [1.165, 1.54) is 64.2 Å². The molecule has 4 heteroatoms. The molecule has 0 aromatic heterocycles. The smallest absolute Gasteiger partial charge is 0.0614 e. The Kier molecular flexibility index (Phi) is 9.25. The molecule has 0 amide bonds. The van der Waals surface area contributed by atoms with Crippen LogP contribution >= 0.6 is 23.2 Å². The van der Waals surface area contributed by atoms with E-state index in [1.54, 1.807) is 0 Å². The van der Waals surface area contributed by atoms with Gasteiger partial charge in [0.05, 0.1) is 9.75 Å². The van der Waals surface area contributed by atoms with Crippen molar-refractivity contribution in [1.29, 1.82) is 0 Å². The van der Waals surface area contributed by atoms with Gasteiger partial charge in [0.1, 0.15) is 0 Å². The molecule has 0 radical (unpaired) electrons. The van der Waals surface area contributed by atoms with Crippen LogP contribution in [0, 0.1) is 10.8 Å². The van der Waals surface area contributed by atoms with E-state index in [4.69, 9.17) is 34.7 Å². The van der Waals surface area contributed by atoms with Gasteiger partial charge in [0.2, 0.25) is 0 Å². The molecule has 0 aromatic rings. The Bertz CT molecular complexity index is 455. The first-order valence-electron chi connectivity index (χ1n) is 12.5. The maximum Gasteiger partial charge on any atom is 0.0614 e. The van der Waals surface area contributed by atoms with Crippen LogP contribution in [0.4, 0.5) is 0 Å². The van der Waals surface area contributed by atoms with Crippen molar-refractivity contribution in [1.82, 2.24) is 0 Å². The van der Waals surface area contributed by atoms with Gasteiger partial charge >= 0.3 is 0 Å². The molecule has 0 saturated heterocycles. The fourth-order valence-corrected chi connectivity index (χ4v) is 7.92. The molecule has 2 fully saturated rings. The van der Waals surface area contributed by atoms with Crippen molar-refractivity contribution in [2.45, 2.75) is 146 Å². The molecule has 2 aliphatic rings. The number of nitrogens with two attached hydrogens (primary N) is 2. The first-order valence-corrected chi connectivity index (χ1v) is 13.3. The fourth-order valence-electron chi connectivity index (χ4n) is 7.03. The number of alkyl halides is 2. The highest BCUT2D eigenvalue weighted by atomic mass is 35.5. The fraction of sp³-hybridized carbons (Fsp3) is 1.00. The minimum Gasteiger partial charge on any atom is -0.326 e. The highest BCUT2D eigenvalue weighted by molar-refractivity contribution is 6.28. The van der Waals surface area contributed by atoms with Gasteiger partial charge in [0.15, 0.2) is 0 Å². The summed E-state index contributed by atoms with van der Waals surface area (Å²) in [7, 11) is 0. The summed E-state index contributed by atoms with van der Waals surface area (Å²) in [6, 6.07) is 0.0219. The zero-order valence-electron chi connectivity index (χ0n) is 19.7. The Labute approximate surface area is 191 Å². The van der Waals surface area contributed by atoms with Gasteiger partial charge in [-0.2, -0.15) is 0 Å². The normalized spacial score (nSPS) is 36.8. The van der Waals surface area contributed by atoms with E-state index in [2.05, 4.69) is 27.7 Å². The van der Waals surface area contributed by atoms with Gasteiger partial charge in [-0.1, -0.05) is 53.4 Å². The van der Waals surface area contributed by atoms with E-state index in [0.717, 1.165) is 32.1 Å². The van der Waals surface area contributed by atoms with E-state index < -0.39 is 9.75 Å². The number of rotatable bonds is 10. The van der Waals surface area contributed by atoms with Crippen molar-refractivity contribution in [2.75, 3.05) is 0 Å². The predicted octanol–water partition coefficient (Wildman–Crippen LogP) is 7.53. The Morgan fingerprint density at radius 2 is 0.931 bits per heavy atom. The van der Waals surface area contributed by atoms with Gasteiger partial charge in [-0.25, -0.2) is 0 Å². The van der Waals surface area contributed by atoms with E-state index in [-0.39, 0.29) is 12.1 Å². The molecule has 4 atom stereocenters. The van der Waals surface area contributed by atoms with E-state index in [1.807, 2.05) is 0 Å². The van der Waals surface area contributed by atoms with E-state index in [9.17, 15) is 0 Å². The average molecular weight is 448 g/mol. The molecule has 2 rings (SSSR count). The zero-order valence-corrected chi connectivity index (χ0v) is 21.2. The third-order valence-electron chi connectivity index (χ3n) is 8.49. The topological polar surface area (TPSA) is 52.0 Å². The quantitative estimate of drug-likeness (QED) is 0.340. The number of hydrogen-bond donors (Lipinski definition) is 2. The lowest BCUT2D eigenvalue weighted by atomic mass is 9.59. The Balaban J connectivity index is 2.10. The first kappa shape index (κ1) is 25.8. The minimum atomic E-state index is -0.403. The third-order valence-corrected chi connectivity index (χ3v) is 9.69. The van der Waals surface area contributed by atoms with Gasteiger partial charge in [0.25, 0.3) is 0 Å². The summed E-state index contributed by atoms with van der Waals surface area (Å²) in [4.78, 5) is -0.806. The summed E-state index contributed by atoms with van der Waals surface area (Å²) >= 11 is 14.5. The van der Waals surface area contributed by atoms with Crippen LogP contribution in [-0.4, -0.2) is 21.8 Å². The highest BCUT2D eigenvalue weighted by Crippen LogP contribution is 2.56. The number of halogens is 2. The largest absolute Gasteiger partial charge is 0.326 e. The summed E-state index contributed by atoms with van der Waals surface area (Å²) < 4.78 is 0. The van der Waals surface area contributed by atoms with E-state index in [0.29, 0.717) is 10.8 Å². The third kappa shape index (κ3) is 5.85. The van der Waals surface area contributed by atoms with Crippen LogP contribution in [0.3, 0.4) is 0 Å². The average Bonchev–Trinajstić information content (AvgIpc) is 2.64. The van der Waals surface area contributed by atoms with Crippen molar-refractivity contribution in [3.8, 4) is 0 Å². The second-order valence-corrected chi connectivity index (χ2v) is 12.4. The summed E-state index contributed by atoms with van der Waals surface area (Å²) in [5.74, 6) is 0. The van der Waals surface area contributed by atoms with Crippen molar-refractivity contribution < 1.29 is 0 Å². The van der Waals surface area contributed by atoms with Crippen LogP contribution in [0.2, 0.25) is 0 Å². The monoisotopic (exact) mass is 446 g/mol. The predicted molar refractivity (Wildman–Crippen MR) is 130 cm³/mol.